The van der Waals surface area contributed by atoms with E-state index in [-0.39, 0.29) is 0 Å². The van der Waals surface area contributed by atoms with Crippen molar-refractivity contribution in [1.29, 1.82) is 0 Å². The first-order chi connectivity index (χ1) is 9.25. The van der Waals surface area contributed by atoms with Crippen LogP contribution in [-0.2, 0) is 0 Å². The van der Waals surface area contributed by atoms with E-state index in [1.165, 1.54) is 0 Å². The van der Waals surface area contributed by atoms with E-state index in [1.54, 1.807) is 12.4 Å². The number of anilines is 3. The Labute approximate surface area is 118 Å². The fraction of sp³-hybridized carbons (Fsp3) is 0. The number of nitrogens with one attached hydrogen (secondary N) is 1. The zero-order valence-electron chi connectivity index (χ0n) is 9.97. The Bertz CT molecular complexity index is 742. The molecule has 1 aromatic heterocycles. The molecule has 4 nitrogen and oxygen atoms in total. The highest BCUT2D eigenvalue weighted by molar-refractivity contribution is 9.10. The summed E-state index contributed by atoms with van der Waals surface area (Å²) in [6, 6.07) is 12.1. The molecule has 2 aromatic carbocycles. The summed E-state index contributed by atoms with van der Waals surface area (Å²) in [7, 11) is 0. The highest BCUT2D eigenvalue weighted by atomic mass is 79.9. The number of nitrogens with two attached hydrogens (primary N) is 1. The third kappa shape index (κ3) is 2.24. The lowest BCUT2D eigenvalue weighted by molar-refractivity contribution is 1.21. The predicted octanol–water partition coefficient (Wildman–Crippen LogP) is 3.72. The summed E-state index contributed by atoms with van der Waals surface area (Å²) >= 11 is 3.55. The van der Waals surface area contributed by atoms with Crippen LogP contribution in [0.25, 0.3) is 10.8 Å². The van der Waals surface area contributed by atoms with Crippen LogP contribution in [0.4, 0.5) is 17.3 Å². The Morgan fingerprint density at radius 3 is 2.47 bits per heavy atom. The molecule has 5 heteroatoms. The number of nitrogen functional groups attached to an aromatic ring is 1. The van der Waals surface area contributed by atoms with Crippen LogP contribution in [0, 0.1) is 0 Å². The van der Waals surface area contributed by atoms with Gasteiger partial charge in [-0.15, -0.1) is 0 Å². The van der Waals surface area contributed by atoms with Crippen LogP contribution < -0.4 is 11.1 Å². The van der Waals surface area contributed by atoms with Crippen molar-refractivity contribution in [2.24, 2.45) is 0 Å². The minimum atomic E-state index is 0.384. The van der Waals surface area contributed by atoms with Crippen LogP contribution in [0.5, 0.6) is 0 Å². The lowest BCUT2D eigenvalue weighted by Gasteiger charge is -2.11. The SMILES string of the molecule is Nc1nccnc1Nc1ccc(Br)c2ccccc12. The van der Waals surface area contributed by atoms with Gasteiger partial charge in [0.25, 0.3) is 0 Å². The standard InChI is InChI=1S/C14H11BrN4/c15-11-5-6-12(10-4-2-1-3-9(10)11)19-14-13(16)17-7-8-18-14/h1-8H,(H2,16,17)(H,18,19). The van der Waals surface area contributed by atoms with E-state index in [0.717, 1.165) is 20.9 Å². The number of aromatic nitrogens is 2. The molecule has 0 amide bonds. The molecule has 19 heavy (non-hydrogen) atoms. The van der Waals surface area contributed by atoms with E-state index in [4.69, 9.17) is 5.73 Å². The van der Waals surface area contributed by atoms with Gasteiger partial charge in [0, 0.05) is 27.9 Å². The van der Waals surface area contributed by atoms with Crippen molar-refractivity contribution >= 4 is 44.0 Å². The number of halogens is 1. The Hall–Kier alpha value is -2.14. The van der Waals surface area contributed by atoms with Gasteiger partial charge >= 0.3 is 0 Å². The Balaban J connectivity index is 2.12. The molecule has 0 aliphatic carbocycles. The van der Waals surface area contributed by atoms with Crippen LogP contribution in [0.1, 0.15) is 0 Å². The van der Waals surface area contributed by atoms with Crippen LogP contribution in [0.3, 0.4) is 0 Å². The molecule has 3 aromatic rings. The number of fused-ring (bicyclic) bond motifs is 1. The quantitative estimate of drug-likeness (QED) is 0.756. The number of hydrogen-bond acceptors (Lipinski definition) is 4. The molecule has 0 saturated carbocycles. The molecule has 0 bridgehead atoms. The van der Waals surface area contributed by atoms with Crippen molar-refractivity contribution < 1.29 is 0 Å². The van der Waals surface area contributed by atoms with Crippen molar-refractivity contribution in [2.45, 2.75) is 0 Å². The van der Waals surface area contributed by atoms with Crippen LogP contribution in [0.2, 0.25) is 0 Å². The third-order valence-electron chi connectivity index (χ3n) is 2.85. The van der Waals surface area contributed by atoms with Gasteiger partial charge in [-0.05, 0) is 17.5 Å². The van der Waals surface area contributed by atoms with Gasteiger partial charge in [-0.25, -0.2) is 9.97 Å². The number of nitrogens with zero attached hydrogens (tertiary/aromatic N) is 2. The highest BCUT2D eigenvalue weighted by Crippen LogP contribution is 2.31. The average molecular weight is 315 g/mol. The van der Waals surface area contributed by atoms with Gasteiger partial charge in [0.15, 0.2) is 11.6 Å². The molecule has 1 heterocycles. The normalized spacial score (nSPS) is 10.6. The monoisotopic (exact) mass is 314 g/mol. The summed E-state index contributed by atoms with van der Waals surface area (Å²) in [6.07, 6.45) is 3.18. The van der Waals surface area contributed by atoms with Crippen molar-refractivity contribution in [3.63, 3.8) is 0 Å². The molecule has 0 saturated heterocycles. The van der Waals surface area contributed by atoms with Gasteiger partial charge in [0.05, 0.1) is 0 Å². The van der Waals surface area contributed by atoms with E-state index in [2.05, 4.69) is 43.3 Å². The smallest absolute Gasteiger partial charge is 0.173 e. The number of rotatable bonds is 2. The summed E-state index contributed by atoms with van der Waals surface area (Å²) in [6.45, 7) is 0. The van der Waals surface area contributed by atoms with E-state index >= 15 is 0 Å². The van der Waals surface area contributed by atoms with Gasteiger partial charge in [-0.1, -0.05) is 40.2 Å². The summed E-state index contributed by atoms with van der Waals surface area (Å²) in [5, 5.41) is 5.46. The second-order valence-electron chi connectivity index (χ2n) is 4.06. The molecule has 0 aliphatic heterocycles. The van der Waals surface area contributed by atoms with Crippen LogP contribution in [0.15, 0.2) is 53.3 Å². The summed E-state index contributed by atoms with van der Waals surface area (Å²) in [5.74, 6) is 0.949. The number of benzene rings is 2. The molecule has 0 atom stereocenters. The topological polar surface area (TPSA) is 63.8 Å². The second-order valence-corrected chi connectivity index (χ2v) is 4.91. The Kier molecular flexibility index (Phi) is 3.05. The van der Waals surface area contributed by atoms with Crippen LogP contribution >= 0.6 is 15.9 Å². The molecular formula is C14H11BrN4. The Morgan fingerprint density at radius 2 is 1.68 bits per heavy atom. The van der Waals surface area contributed by atoms with Crippen molar-refractivity contribution in [2.75, 3.05) is 11.1 Å². The lowest BCUT2D eigenvalue weighted by Crippen LogP contribution is -2.01. The van der Waals surface area contributed by atoms with Crippen molar-refractivity contribution in [1.82, 2.24) is 9.97 Å². The fourth-order valence-electron chi connectivity index (χ4n) is 1.94. The second kappa shape index (κ2) is 4.85. The van der Waals surface area contributed by atoms with E-state index in [9.17, 15) is 0 Å². The maximum Gasteiger partial charge on any atom is 0.173 e. The molecular weight excluding hydrogens is 304 g/mol. The van der Waals surface area contributed by atoms with Crippen LogP contribution in [-0.4, -0.2) is 9.97 Å². The van der Waals surface area contributed by atoms with Gasteiger partial charge in [-0.3, -0.25) is 0 Å². The maximum atomic E-state index is 5.80. The molecule has 0 aliphatic rings. The van der Waals surface area contributed by atoms with E-state index in [1.807, 2.05) is 24.3 Å². The fourth-order valence-corrected chi connectivity index (χ4v) is 2.42. The molecule has 0 fully saturated rings. The first-order valence-corrected chi connectivity index (χ1v) is 6.56. The summed E-state index contributed by atoms with van der Waals surface area (Å²) < 4.78 is 1.06. The van der Waals surface area contributed by atoms with Crippen molar-refractivity contribution in [3.05, 3.63) is 53.3 Å². The minimum absolute atomic E-state index is 0.384. The van der Waals surface area contributed by atoms with Crippen molar-refractivity contribution in [3.8, 4) is 0 Å². The lowest BCUT2D eigenvalue weighted by atomic mass is 10.1. The van der Waals surface area contributed by atoms with E-state index in [0.29, 0.717) is 11.6 Å². The first kappa shape index (κ1) is 11.9. The Morgan fingerprint density at radius 1 is 0.947 bits per heavy atom. The molecule has 94 valence electrons. The third-order valence-corrected chi connectivity index (χ3v) is 3.54. The van der Waals surface area contributed by atoms with Gasteiger partial charge < -0.3 is 11.1 Å². The van der Waals surface area contributed by atoms with Gasteiger partial charge in [-0.2, -0.15) is 0 Å². The zero-order chi connectivity index (χ0) is 13.2. The minimum Gasteiger partial charge on any atom is -0.381 e. The predicted molar refractivity (Wildman–Crippen MR) is 81.4 cm³/mol. The van der Waals surface area contributed by atoms with Gasteiger partial charge in [0.1, 0.15) is 0 Å². The molecule has 3 N–H and O–H groups in total. The summed E-state index contributed by atoms with van der Waals surface area (Å²) in [5.41, 5.74) is 6.75. The molecule has 3 rings (SSSR count). The van der Waals surface area contributed by atoms with Gasteiger partial charge in [0.2, 0.25) is 0 Å². The summed E-state index contributed by atoms with van der Waals surface area (Å²) in [4.78, 5) is 8.21. The van der Waals surface area contributed by atoms with E-state index < -0.39 is 0 Å². The first-order valence-electron chi connectivity index (χ1n) is 5.76. The maximum absolute atomic E-state index is 5.80. The highest BCUT2D eigenvalue weighted by Gasteiger charge is 2.06. The largest absolute Gasteiger partial charge is 0.381 e. The average Bonchev–Trinajstić information content (AvgIpc) is 2.44. The molecule has 0 unspecified atom stereocenters. The zero-order valence-corrected chi connectivity index (χ0v) is 11.6. The number of hydrogen-bond donors (Lipinski definition) is 2. The molecule has 0 radical (unpaired) electrons. The molecule has 0 spiro atoms.